The van der Waals surface area contributed by atoms with Gasteiger partial charge in [-0.3, -0.25) is 14.9 Å². The monoisotopic (exact) mass is 350 g/mol. The lowest BCUT2D eigenvalue weighted by molar-refractivity contribution is -0.385. The molecule has 0 radical (unpaired) electrons. The van der Waals surface area contributed by atoms with Crippen molar-refractivity contribution in [1.29, 1.82) is 5.26 Å². The maximum absolute atomic E-state index is 12.5. The molecule has 0 aliphatic rings. The Balaban J connectivity index is 2.41. The molecule has 2 rings (SSSR count). The molecule has 0 spiro atoms. The van der Waals surface area contributed by atoms with Crippen molar-refractivity contribution in [2.45, 2.75) is 19.8 Å². The zero-order valence-corrected chi connectivity index (χ0v) is 14.7. The van der Waals surface area contributed by atoms with E-state index < -0.39 is 10.7 Å². The lowest BCUT2D eigenvalue weighted by Gasteiger charge is -2.07. The first kappa shape index (κ1) is 18.9. The highest BCUT2D eigenvalue weighted by Crippen LogP contribution is 2.28. The molecule has 0 aliphatic carbocycles. The van der Waals surface area contributed by atoms with Gasteiger partial charge in [-0.25, -0.2) is 0 Å². The minimum atomic E-state index is -0.454. The third-order valence-electron chi connectivity index (χ3n) is 3.90. The van der Waals surface area contributed by atoms with E-state index in [-0.39, 0.29) is 17.2 Å². The number of nitriles is 1. The molecule has 0 aliphatic heterocycles. The molecule has 0 heterocycles. The van der Waals surface area contributed by atoms with Crippen molar-refractivity contribution >= 4 is 17.5 Å². The molecule has 0 amide bonds. The third-order valence-corrected chi connectivity index (χ3v) is 3.90. The van der Waals surface area contributed by atoms with Crippen molar-refractivity contribution in [3.05, 3.63) is 74.8 Å². The molecular formula is C20H18N2O4. The van der Waals surface area contributed by atoms with E-state index in [4.69, 9.17) is 4.74 Å². The van der Waals surface area contributed by atoms with E-state index >= 15 is 0 Å². The summed E-state index contributed by atoms with van der Waals surface area (Å²) in [6.07, 6.45) is 1.36. The van der Waals surface area contributed by atoms with Gasteiger partial charge in [0, 0.05) is 17.2 Å². The molecule has 0 fully saturated rings. The molecule has 132 valence electrons. The van der Waals surface area contributed by atoms with E-state index in [0.29, 0.717) is 22.4 Å². The molecule has 0 atom stereocenters. The smallest absolute Gasteiger partial charge is 0.273 e. The van der Waals surface area contributed by atoms with Gasteiger partial charge in [-0.15, -0.1) is 0 Å². The van der Waals surface area contributed by atoms with Crippen molar-refractivity contribution in [2.24, 2.45) is 0 Å². The number of carbonyl (C=O) groups excluding carboxylic acids is 1. The number of nitro benzene ring substituents is 1. The number of nitro groups is 1. The largest absolute Gasteiger partial charge is 0.497 e. The second-order valence-corrected chi connectivity index (χ2v) is 5.96. The Morgan fingerprint density at radius 1 is 1.23 bits per heavy atom. The molecule has 0 unspecified atom stereocenters. The Morgan fingerprint density at radius 3 is 2.38 bits per heavy atom. The van der Waals surface area contributed by atoms with Gasteiger partial charge in [0.05, 0.1) is 12.0 Å². The fourth-order valence-corrected chi connectivity index (χ4v) is 2.51. The van der Waals surface area contributed by atoms with Crippen molar-refractivity contribution in [3.8, 4) is 11.8 Å². The van der Waals surface area contributed by atoms with Crippen molar-refractivity contribution < 1.29 is 14.5 Å². The van der Waals surface area contributed by atoms with Gasteiger partial charge < -0.3 is 4.74 Å². The number of benzene rings is 2. The number of carbonyl (C=O) groups is 1. The predicted octanol–water partition coefficient (Wildman–Crippen LogP) is 4.52. The molecule has 0 saturated heterocycles. The molecule has 26 heavy (non-hydrogen) atoms. The standard InChI is InChI=1S/C20H18N2O4/c1-13(2)18-9-4-14(11-19(18)22(24)25)10-16(12-21)20(23)15-5-7-17(26-3)8-6-15/h4-11,13H,1-3H3/b16-10+. The fraction of sp³-hybridized carbons (Fsp3) is 0.200. The van der Waals surface area contributed by atoms with E-state index in [1.807, 2.05) is 19.9 Å². The molecule has 6 heteroatoms. The number of hydrogen-bond acceptors (Lipinski definition) is 5. The SMILES string of the molecule is COc1ccc(C(=O)/C(C#N)=C/c2ccc(C(C)C)c([N+](=O)[O-])c2)cc1. The van der Waals surface area contributed by atoms with Gasteiger partial charge in [0.1, 0.15) is 17.4 Å². The van der Waals surface area contributed by atoms with E-state index in [2.05, 4.69) is 0 Å². The highest BCUT2D eigenvalue weighted by atomic mass is 16.6. The molecule has 6 nitrogen and oxygen atoms in total. The molecule has 0 N–H and O–H groups in total. The van der Waals surface area contributed by atoms with Crippen LogP contribution in [0.5, 0.6) is 5.75 Å². The number of rotatable bonds is 6. The molecule has 2 aromatic rings. The summed E-state index contributed by atoms with van der Waals surface area (Å²) in [5, 5.41) is 20.6. The minimum Gasteiger partial charge on any atom is -0.497 e. The van der Waals surface area contributed by atoms with Crippen LogP contribution in [0.15, 0.2) is 48.0 Å². The summed E-state index contributed by atoms with van der Waals surface area (Å²) >= 11 is 0. The van der Waals surface area contributed by atoms with Crippen LogP contribution in [0, 0.1) is 21.4 Å². The Morgan fingerprint density at radius 2 is 1.88 bits per heavy atom. The van der Waals surface area contributed by atoms with Crippen LogP contribution < -0.4 is 4.74 Å². The summed E-state index contributed by atoms with van der Waals surface area (Å²) < 4.78 is 5.04. The number of Topliss-reactive ketones (excluding diaryl/α,β-unsaturated/α-hetero) is 1. The maximum Gasteiger partial charge on any atom is 0.273 e. The van der Waals surface area contributed by atoms with Crippen LogP contribution in [0.25, 0.3) is 6.08 Å². The van der Waals surface area contributed by atoms with Crippen LogP contribution in [0.3, 0.4) is 0 Å². The fourth-order valence-electron chi connectivity index (χ4n) is 2.51. The number of ether oxygens (including phenoxy) is 1. The predicted molar refractivity (Wildman–Crippen MR) is 98.1 cm³/mol. The van der Waals surface area contributed by atoms with E-state index in [1.165, 1.54) is 19.3 Å². The summed E-state index contributed by atoms with van der Waals surface area (Å²) in [5.74, 6) is 0.138. The zero-order chi connectivity index (χ0) is 19.3. The minimum absolute atomic E-state index is 0.00945. The molecule has 0 bridgehead atoms. The molecular weight excluding hydrogens is 332 g/mol. The summed E-state index contributed by atoms with van der Waals surface area (Å²) in [6.45, 7) is 3.73. The van der Waals surface area contributed by atoms with Crippen molar-refractivity contribution in [3.63, 3.8) is 0 Å². The van der Waals surface area contributed by atoms with Crippen LogP contribution in [0.2, 0.25) is 0 Å². The van der Waals surface area contributed by atoms with Crippen molar-refractivity contribution in [2.75, 3.05) is 7.11 Å². The van der Waals surface area contributed by atoms with E-state index in [1.54, 1.807) is 36.4 Å². The average Bonchev–Trinajstić information content (AvgIpc) is 2.65. The van der Waals surface area contributed by atoms with Gasteiger partial charge in [0.2, 0.25) is 5.78 Å². The van der Waals surface area contributed by atoms with Gasteiger partial charge in [-0.2, -0.15) is 5.26 Å². The number of nitrogens with zero attached hydrogens (tertiary/aromatic N) is 2. The maximum atomic E-state index is 12.5. The van der Waals surface area contributed by atoms with E-state index in [0.717, 1.165) is 0 Å². The highest BCUT2D eigenvalue weighted by Gasteiger charge is 2.18. The van der Waals surface area contributed by atoms with Gasteiger partial charge in [-0.05, 0) is 41.8 Å². The van der Waals surface area contributed by atoms with Gasteiger partial charge in [-0.1, -0.05) is 26.0 Å². The van der Waals surface area contributed by atoms with Gasteiger partial charge in [0.25, 0.3) is 5.69 Å². The number of methoxy groups -OCH3 is 1. The normalized spacial score (nSPS) is 11.1. The quantitative estimate of drug-likeness (QED) is 0.251. The van der Waals surface area contributed by atoms with Crippen molar-refractivity contribution in [1.82, 2.24) is 0 Å². The van der Waals surface area contributed by atoms with Gasteiger partial charge in [0.15, 0.2) is 0 Å². The number of allylic oxidation sites excluding steroid dienone is 1. The third kappa shape index (κ3) is 4.14. The summed E-state index contributed by atoms with van der Waals surface area (Å²) in [5.41, 5.74) is 1.25. The Labute approximate surface area is 151 Å². The first-order valence-electron chi connectivity index (χ1n) is 7.96. The van der Waals surface area contributed by atoms with Crippen LogP contribution >= 0.6 is 0 Å². The zero-order valence-electron chi connectivity index (χ0n) is 14.7. The topological polar surface area (TPSA) is 93.2 Å². The van der Waals surface area contributed by atoms with Crippen LogP contribution in [0.4, 0.5) is 5.69 Å². The molecule has 2 aromatic carbocycles. The molecule has 0 aromatic heterocycles. The number of hydrogen-bond donors (Lipinski definition) is 0. The second-order valence-electron chi connectivity index (χ2n) is 5.96. The molecule has 0 saturated carbocycles. The summed E-state index contributed by atoms with van der Waals surface area (Å²) in [7, 11) is 1.52. The Kier molecular flexibility index (Phi) is 5.86. The summed E-state index contributed by atoms with van der Waals surface area (Å²) in [4.78, 5) is 23.3. The average molecular weight is 350 g/mol. The van der Waals surface area contributed by atoms with E-state index in [9.17, 15) is 20.2 Å². The highest BCUT2D eigenvalue weighted by molar-refractivity contribution is 6.14. The first-order chi connectivity index (χ1) is 12.4. The Hall–Kier alpha value is -3.46. The lowest BCUT2D eigenvalue weighted by Crippen LogP contribution is -2.02. The number of ketones is 1. The first-order valence-corrected chi connectivity index (χ1v) is 7.96. The van der Waals surface area contributed by atoms with Crippen LogP contribution in [-0.4, -0.2) is 17.8 Å². The lowest BCUT2D eigenvalue weighted by atomic mass is 9.97. The van der Waals surface area contributed by atoms with Gasteiger partial charge >= 0.3 is 0 Å². The Bertz CT molecular complexity index is 906. The second kappa shape index (κ2) is 8.08. The van der Waals surface area contributed by atoms with Crippen LogP contribution in [0.1, 0.15) is 41.3 Å². The summed E-state index contributed by atoms with van der Waals surface area (Å²) in [6, 6.07) is 13.0. The van der Waals surface area contributed by atoms with Crippen LogP contribution in [-0.2, 0) is 0 Å².